The number of aromatic amines is 1. The fourth-order valence-electron chi connectivity index (χ4n) is 3.95. The van der Waals surface area contributed by atoms with Crippen molar-refractivity contribution in [3.8, 4) is 5.88 Å². The van der Waals surface area contributed by atoms with Gasteiger partial charge in [0, 0.05) is 12.5 Å². The SMILES string of the molecule is O=c1[nH]c(=O)n(C2CCCCC2)c(O)c1C1=NN[C@H](c2ccccc2)C1. The van der Waals surface area contributed by atoms with E-state index in [1.165, 1.54) is 4.57 Å². The number of aromatic nitrogens is 2. The van der Waals surface area contributed by atoms with Gasteiger partial charge in [-0.15, -0.1) is 0 Å². The maximum atomic E-state index is 12.4. The molecule has 1 saturated carbocycles. The Kier molecular flexibility index (Phi) is 4.36. The van der Waals surface area contributed by atoms with E-state index in [0.717, 1.165) is 37.7 Å². The van der Waals surface area contributed by atoms with Crippen LogP contribution in [0.2, 0.25) is 0 Å². The van der Waals surface area contributed by atoms with E-state index < -0.39 is 11.2 Å². The topological polar surface area (TPSA) is 99.5 Å². The smallest absolute Gasteiger partial charge is 0.331 e. The monoisotopic (exact) mass is 354 g/mol. The van der Waals surface area contributed by atoms with Gasteiger partial charge in [0.2, 0.25) is 5.88 Å². The highest BCUT2D eigenvalue weighted by molar-refractivity contribution is 6.03. The highest BCUT2D eigenvalue weighted by Crippen LogP contribution is 2.31. The Morgan fingerprint density at radius 2 is 1.81 bits per heavy atom. The molecule has 1 aromatic carbocycles. The molecule has 1 aliphatic heterocycles. The summed E-state index contributed by atoms with van der Waals surface area (Å²) in [5.41, 5.74) is 3.52. The standard InChI is InChI=1S/C19H22N4O3/c24-17-16(15-11-14(21-22-15)12-7-3-1-4-8-12)18(25)23(19(26)20-17)13-9-5-2-6-10-13/h1,3-4,7-8,13-14,21,25H,2,5-6,9-11H2,(H,20,24,26)/t14-/m0/s1. The van der Waals surface area contributed by atoms with E-state index in [1.54, 1.807) is 0 Å². The maximum Gasteiger partial charge on any atom is 0.331 e. The summed E-state index contributed by atoms with van der Waals surface area (Å²) >= 11 is 0. The van der Waals surface area contributed by atoms with Crippen LogP contribution in [-0.2, 0) is 0 Å². The molecule has 136 valence electrons. The maximum absolute atomic E-state index is 12.4. The first kappa shape index (κ1) is 16.6. The molecule has 0 amide bonds. The summed E-state index contributed by atoms with van der Waals surface area (Å²) in [6.07, 6.45) is 5.31. The summed E-state index contributed by atoms with van der Waals surface area (Å²) in [6.45, 7) is 0. The number of nitrogens with zero attached hydrogens (tertiary/aromatic N) is 2. The molecule has 2 aromatic rings. The van der Waals surface area contributed by atoms with E-state index in [1.807, 2.05) is 30.3 Å². The van der Waals surface area contributed by atoms with Crippen LogP contribution in [0.3, 0.4) is 0 Å². The third kappa shape index (κ3) is 2.94. The molecule has 3 N–H and O–H groups in total. The predicted molar refractivity (Wildman–Crippen MR) is 98.6 cm³/mol. The molecule has 0 radical (unpaired) electrons. The highest BCUT2D eigenvalue weighted by atomic mass is 16.3. The molecule has 0 unspecified atom stereocenters. The molecule has 1 aliphatic carbocycles. The van der Waals surface area contributed by atoms with Gasteiger partial charge in [-0.3, -0.25) is 14.3 Å². The zero-order valence-electron chi connectivity index (χ0n) is 14.4. The van der Waals surface area contributed by atoms with Crippen molar-refractivity contribution in [1.82, 2.24) is 15.0 Å². The minimum Gasteiger partial charge on any atom is -0.494 e. The second-order valence-corrected chi connectivity index (χ2v) is 6.97. The van der Waals surface area contributed by atoms with Crippen molar-refractivity contribution in [3.63, 3.8) is 0 Å². The van der Waals surface area contributed by atoms with Crippen LogP contribution in [0.15, 0.2) is 45.0 Å². The fraction of sp³-hybridized carbons (Fsp3) is 0.421. The first-order chi connectivity index (χ1) is 12.6. The van der Waals surface area contributed by atoms with Gasteiger partial charge >= 0.3 is 5.69 Å². The summed E-state index contributed by atoms with van der Waals surface area (Å²) in [5, 5.41) is 15.0. The van der Waals surface area contributed by atoms with E-state index in [-0.39, 0.29) is 23.5 Å². The Morgan fingerprint density at radius 1 is 1.08 bits per heavy atom. The van der Waals surface area contributed by atoms with E-state index in [2.05, 4.69) is 15.5 Å². The largest absolute Gasteiger partial charge is 0.494 e. The molecular weight excluding hydrogens is 332 g/mol. The summed E-state index contributed by atoms with van der Waals surface area (Å²) in [5.74, 6) is -0.264. The second kappa shape index (κ2) is 6.82. The van der Waals surface area contributed by atoms with Crippen LogP contribution < -0.4 is 16.7 Å². The van der Waals surface area contributed by atoms with E-state index >= 15 is 0 Å². The van der Waals surface area contributed by atoms with Crippen LogP contribution in [0, 0.1) is 0 Å². The van der Waals surface area contributed by atoms with E-state index in [9.17, 15) is 14.7 Å². The highest BCUT2D eigenvalue weighted by Gasteiger charge is 2.29. The van der Waals surface area contributed by atoms with Crippen LogP contribution >= 0.6 is 0 Å². The minimum atomic E-state index is -0.589. The van der Waals surface area contributed by atoms with Gasteiger partial charge in [0.15, 0.2) is 0 Å². The molecule has 2 aliphatic rings. The number of benzene rings is 1. The van der Waals surface area contributed by atoms with Gasteiger partial charge in [0.1, 0.15) is 5.56 Å². The van der Waals surface area contributed by atoms with E-state index in [4.69, 9.17) is 0 Å². The van der Waals surface area contributed by atoms with Gasteiger partial charge < -0.3 is 10.5 Å². The molecule has 1 aromatic heterocycles. The Balaban J connectivity index is 1.69. The summed E-state index contributed by atoms with van der Waals surface area (Å²) in [7, 11) is 0. The lowest BCUT2D eigenvalue weighted by Gasteiger charge is -2.25. The summed E-state index contributed by atoms with van der Waals surface area (Å²) in [6, 6.07) is 9.68. The van der Waals surface area contributed by atoms with Crippen molar-refractivity contribution >= 4 is 5.71 Å². The number of hydrogen-bond acceptors (Lipinski definition) is 5. The van der Waals surface area contributed by atoms with Crippen LogP contribution in [0.4, 0.5) is 0 Å². The normalized spacial score (nSPS) is 20.6. The number of hydrazone groups is 1. The van der Waals surface area contributed by atoms with Crippen LogP contribution in [0.1, 0.15) is 61.7 Å². The van der Waals surface area contributed by atoms with E-state index in [0.29, 0.717) is 12.1 Å². The van der Waals surface area contributed by atoms with Crippen LogP contribution in [0.25, 0.3) is 0 Å². The summed E-state index contributed by atoms with van der Waals surface area (Å²) in [4.78, 5) is 27.1. The lowest BCUT2D eigenvalue weighted by atomic mass is 9.95. The summed E-state index contributed by atoms with van der Waals surface area (Å²) < 4.78 is 1.34. The van der Waals surface area contributed by atoms with Crippen molar-refractivity contribution < 1.29 is 5.11 Å². The average Bonchev–Trinajstić information content (AvgIpc) is 3.12. The lowest BCUT2D eigenvalue weighted by Crippen LogP contribution is -2.36. The van der Waals surface area contributed by atoms with Crippen molar-refractivity contribution in [2.75, 3.05) is 0 Å². The number of hydrogen-bond donors (Lipinski definition) is 3. The van der Waals surface area contributed by atoms with Gasteiger partial charge in [-0.2, -0.15) is 5.10 Å². The fourth-order valence-corrected chi connectivity index (χ4v) is 3.95. The van der Waals surface area contributed by atoms with Crippen LogP contribution in [0.5, 0.6) is 5.88 Å². The predicted octanol–water partition coefficient (Wildman–Crippen LogP) is 2.19. The van der Waals surface area contributed by atoms with Gasteiger partial charge in [0.25, 0.3) is 5.56 Å². The molecule has 4 rings (SSSR count). The van der Waals surface area contributed by atoms with Crippen LogP contribution in [-0.4, -0.2) is 20.4 Å². The first-order valence-corrected chi connectivity index (χ1v) is 9.10. The first-order valence-electron chi connectivity index (χ1n) is 9.10. The molecule has 2 heterocycles. The quantitative estimate of drug-likeness (QED) is 0.787. The van der Waals surface area contributed by atoms with Gasteiger partial charge in [-0.1, -0.05) is 49.6 Å². The van der Waals surface area contributed by atoms with Crippen molar-refractivity contribution in [2.45, 2.75) is 50.6 Å². The number of rotatable bonds is 3. The Bertz CT molecular complexity index is 939. The molecule has 7 nitrogen and oxygen atoms in total. The molecule has 0 spiro atoms. The number of nitrogens with one attached hydrogen (secondary N) is 2. The van der Waals surface area contributed by atoms with Gasteiger partial charge in [-0.05, 0) is 18.4 Å². The number of H-pyrrole nitrogens is 1. The zero-order valence-corrected chi connectivity index (χ0v) is 14.4. The Labute approximate surface area is 150 Å². The average molecular weight is 354 g/mol. The molecule has 1 fully saturated rings. The zero-order chi connectivity index (χ0) is 18.1. The molecular formula is C19H22N4O3. The third-order valence-electron chi connectivity index (χ3n) is 5.30. The molecule has 26 heavy (non-hydrogen) atoms. The molecule has 7 heteroatoms. The Hall–Kier alpha value is -2.83. The number of aromatic hydroxyl groups is 1. The van der Waals surface area contributed by atoms with Crippen molar-refractivity contribution in [3.05, 3.63) is 62.3 Å². The third-order valence-corrected chi connectivity index (χ3v) is 5.30. The van der Waals surface area contributed by atoms with Crippen molar-refractivity contribution in [1.29, 1.82) is 0 Å². The molecule has 0 bridgehead atoms. The van der Waals surface area contributed by atoms with Gasteiger partial charge in [0.05, 0.1) is 11.8 Å². The van der Waals surface area contributed by atoms with Gasteiger partial charge in [-0.25, -0.2) is 4.79 Å². The second-order valence-electron chi connectivity index (χ2n) is 6.97. The minimum absolute atomic E-state index is 0.0555. The Morgan fingerprint density at radius 3 is 2.54 bits per heavy atom. The molecule has 1 atom stereocenters. The lowest BCUT2D eigenvalue weighted by molar-refractivity contribution is 0.298. The molecule has 0 saturated heterocycles. The van der Waals surface area contributed by atoms with Crippen molar-refractivity contribution in [2.24, 2.45) is 5.10 Å².